The number of aliphatic carboxylic acids is 2. The molecule has 0 aromatic carbocycles. The van der Waals surface area contributed by atoms with Gasteiger partial charge in [0.2, 0.25) is 0 Å². The van der Waals surface area contributed by atoms with E-state index in [1.54, 1.807) is 6.92 Å². The quantitative estimate of drug-likeness (QED) is 0.578. The topological polar surface area (TPSA) is 113 Å². The van der Waals surface area contributed by atoms with Gasteiger partial charge in [0.05, 0.1) is 0 Å². The molecule has 0 spiro atoms. The van der Waals surface area contributed by atoms with Gasteiger partial charge < -0.3 is 30.2 Å². The zero-order chi connectivity index (χ0) is 14.0. The first kappa shape index (κ1) is 29.9. The Balaban J connectivity index is -0.0000000375. The van der Waals surface area contributed by atoms with E-state index in [9.17, 15) is 0 Å². The SMILES string of the molecule is CC(=O)[O-].CC(=O)[O-].CCNCC.CCO.[Cu+2]. The van der Waals surface area contributed by atoms with E-state index in [-0.39, 0.29) is 23.7 Å². The minimum absolute atomic E-state index is 0. The van der Waals surface area contributed by atoms with Crippen LogP contribution >= 0.6 is 0 Å². The fourth-order valence-corrected chi connectivity index (χ4v) is 0.250. The first-order valence-corrected chi connectivity index (χ1v) is 4.96. The molecule has 0 bridgehead atoms. The van der Waals surface area contributed by atoms with Crippen molar-refractivity contribution in [2.75, 3.05) is 19.7 Å². The number of aliphatic hydroxyl groups excluding tert-OH is 1. The van der Waals surface area contributed by atoms with Crippen LogP contribution in [-0.2, 0) is 26.7 Å². The number of carbonyl (C=O) groups is 2. The van der Waals surface area contributed by atoms with Crippen molar-refractivity contribution in [2.24, 2.45) is 0 Å². The third kappa shape index (κ3) is 1450. The van der Waals surface area contributed by atoms with Gasteiger partial charge in [0.15, 0.2) is 0 Å². The summed E-state index contributed by atoms with van der Waals surface area (Å²) in [5.41, 5.74) is 0. The molecule has 0 aliphatic rings. The second-order valence-electron chi connectivity index (χ2n) is 2.26. The molecule has 0 rings (SSSR count). The van der Waals surface area contributed by atoms with Crippen molar-refractivity contribution in [1.82, 2.24) is 5.32 Å². The summed E-state index contributed by atoms with van der Waals surface area (Å²) in [7, 11) is 0. The van der Waals surface area contributed by atoms with Crippen LogP contribution in [-0.4, -0.2) is 36.7 Å². The molecule has 17 heavy (non-hydrogen) atoms. The molecular formula is C10H23CuNO5. The maximum atomic E-state index is 8.89. The summed E-state index contributed by atoms with van der Waals surface area (Å²) in [4.78, 5) is 17.8. The Labute approximate surface area is 114 Å². The zero-order valence-electron chi connectivity index (χ0n) is 11.0. The van der Waals surface area contributed by atoms with E-state index in [4.69, 9.17) is 24.9 Å². The third-order valence-corrected chi connectivity index (χ3v) is 0.500. The number of nitrogens with one attached hydrogen (secondary N) is 1. The molecule has 0 aliphatic heterocycles. The summed E-state index contributed by atoms with van der Waals surface area (Å²) in [5, 5.41) is 28.5. The van der Waals surface area contributed by atoms with Crippen molar-refractivity contribution in [1.29, 1.82) is 0 Å². The van der Waals surface area contributed by atoms with Crippen molar-refractivity contribution < 1.29 is 42.0 Å². The molecule has 0 unspecified atom stereocenters. The molecule has 0 saturated heterocycles. The predicted molar refractivity (Wildman–Crippen MR) is 58.3 cm³/mol. The smallest absolute Gasteiger partial charge is 0.550 e. The van der Waals surface area contributed by atoms with Gasteiger partial charge >= 0.3 is 17.1 Å². The molecule has 109 valence electrons. The fourth-order valence-electron chi connectivity index (χ4n) is 0.250. The van der Waals surface area contributed by atoms with E-state index in [0.717, 1.165) is 26.9 Å². The summed E-state index contributed by atoms with van der Waals surface area (Å²) < 4.78 is 0. The summed E-state index contributed by atoms with van der Waals surface area (Å²) in [5.74, 6) is -2.17. The Bertz CT molecular complexity index is 123. The van der Waals surface area contributed by atoms with Crippen LogP contribution in [0.5, 0.6) is 0 Å². The number of hydrogen-bond donors (Lipinski definition) is 2. The van der Waals surface area contributed by atoms with Crippen LogP contribution in [0.2, 0.25) is 0 Å². The fraction of sp³-hybridized carbons (Fsp3) is 0.800. The molecular weight excluding hydrogens is 278 g/mol. The van der Waals surface area contributed by atoms with E-state index in [2.05, 4.69) is 19.2 Å². The van der Waals surface area contributed by atoms with Crippen molar-refractivity contribution in [2.45, 2.75) is 34.6 Å². The van der Waals surface area contributed by atoms with E-state index in [1.807, 2.05) is 0 Å². The first-order chi connectivity index (χ1) is 7.29. The van der Waals surface area contributed by atoms with Crippen molar-refractivity contribution in [3.05, 3.63) is 0 Å². The molecule has 7 heteroatoms. The van der Waals surface area contributed by atoms with E-state index < -0.39 is 11.9 Å². The van der Waals surface area contributed by atoms with Crippen LogP contribution in [0.25, 0.3) is 0 Å². The third-order valence-electron chi connectivity index (χ3n) is 0.500. The Morgan fingerprint density at radius 1 is 1.00 bits per heavy atom. The summed E-state index contributed by atoms with van der Waals surface area (Å²) in [6.07, 6.45) is 0. The van der Waals surface area contributed by atoms with Crippen molar-refractivity contribution in [3.63, 3.8) is 0 Å². The van der Waals surface area contributed by atoms with E-state index in [0.29, 0.717) is 0 Å². The Morgan fingerprint density at radius 3 is 1.12 bits per heavy atom. The minimum Gasteiger partial charge on any atom is -0.550 e. The largest absolute Gasteiger partial charge is 2.00 e. The normalized spacial score (nSPS) is 6.47. The molecule has 0 fully saturated rings. The van der Waals surface area contributed by atoms with Crippen LogP contribution in [0.15, 0.2) is 0 Å². The zero-order valence-corrected chi connectivity index (χ0v) is 11.9. The Hall–Kier alpha value is -0.621. The second kappa shape index (κ2) is 36.1. The van der Waals surface area contributed by atoms with E-state index in [1.165, 1.54) is 0 Å². The number of carboxylic acid groups (broad SMARTS) is 2. The van der Waals surface area contributed by atoms with Crippen LogP contribution in [0.4, 0.5) is 0 Å². The summed E-state index contributed by atoms with van der Waals surface area (Å²) in [6, 6.07) is 0. The molecule has 0 heterocycles. The van der Waals surface area contributed by atoms with Gasteiger partial charge in [0.25, 0.3) is 0 Å². The first-order valence-electron chi connectivity index (χ1n) is 4.96. The van der Waals surface area contributed by atoms with E-state index >= 15 is 0 Å². The second-order valence-corrected chi connectivity index (χ2v) is 2.26. The maximum absolute atomic E-state index is 8.89. The molecule has 0 amide bonds. The minimum atomic E-state index is -1.08. The molecule has 1 radical (unpaired) electrons. The molecule has 0 saturated carbocycles. The van der Waals surface area contributed by atoms with Gasteiger partial charge in [-0.25, -0.2) is 0 Å². The van der Waals surface area contributed by atoms with Gasteiger partial charge in [0, 0.05) is 18.5 Å². The van der Waals surface area contributed by atoms with Gasteiger partial charge in [0.1, 0.15) is 0 Å². The van der Waals surface area contributed by atoms with Crippen LogP contribution in [0, 0.1) is 0 Å². The van der Waals surface area contributed by atoms with Crippen molar-refractivity contribution >= 4 is 11.9 Å². The average molecular weight is 301 g/mol. The maximum Gasteiger partial charge on any atom is 2.00 e. The molecule has 0 aliphatic carbocycles. The van der Waals surface area contributed by atoms with Gasteiger partial charge in [-0.2, -0.15) is 0 Å². The monoisotopic (exact) mass is 300 g/mol. The van der Waals surface area contributed by atoms with Gasteiger partial charge in [-0.1, -0.05) is 13.8 Å². The van der Waals surface area contributed by atoms with Crippen molar-refractivity contribution in [3.8, 4) is 0 Å². The standard InChI is InChI=1S/C4H11N.2C2H4O2.C2H6O.Cu/c1-3-5-4-2;2*1-2(3)4;1-2-3;/h5H,3-4H2,1-2H3;2*1H3,(H,3,4);3H,2H2,1H3;/q;;;;+2/p-2. The van der Waals surface area contributed by atoms with Gasteiger partial charge in [-0.3, -0.25) is 0 Å². The predicted octanol–water partition coefficient (Wildman–Crippen LogP) is -1.88. The number of aliphatic hydroxyl groups is 1. The molecule has 0 aromatic rings. The number of rotatable bonds is 2. The molecule has 6 nitrogen and oxygen atoms in total. The average Bonchev–Trinajstić information content (AvgIpc) is 2.04. The summed E-state index contributed by atoms with van der Waals surface area (Å²) in [6.45, 7) is 10.3. The van der Waals surface area contributed by atoms with Gasteiger partial charge in [-0.05, 0) is 33.9 Å². The van der Waals surface area contributed by atoms with Crippen LogP contribution in [0.3, 0.4) is 0 Å². The van der Waals surface area contributed by atoms with Crippen LogP contribution in [0.1, 0.15) is 34.6 Å². The van der Waals surface area contributed by atoms with Crippen LogP contribution < -0.4 is 15.5 Å². The Morgan fingerprint density at radius 2 is 1.12 bits per heavy atom. The van der Waals surface area contributed by atoms with Gasteiger partial charge in [-0.15, -0.1) is 0 Å². The molecule has 0 aromatic heterocycles. The Kier molecular flexibility index (Phi) is 63.6. The molecule has 2 N–H and O–H groups in total. The number of hydrogen-bond acceptors (Lipinski definition) is 6. The molecule has 0 atom stereocenters. The number of carboxylic acids is 2. The summed E-state index contributed by atoms with van der Waals surface area (Å²) >= 11 is 0. The number of carbonyl (C=O) groups excluding carboxylic acids is 2.